The molecular formula is C19H27IN4O3. The number of carbonyl (C=O) groups is 1. The van der Waals surface area contributed by atoms with Gasteiger partial charge in [-0.1, -0.05) is 18.2 Å². The molecular weight excluding hydrogens is 459 g/mol. The summed E-state index contributed by atoms with van der Waals surface area (Å²) in [5, 5.41) is 6.38. The Morgan fingerprint density at radius 2 is 1.85 bits per heavy atom. The molecule has 0 aliphatic heterocycles. The van der Waals surface area contributed by atoms with Crippen LogP contribution in [0.3, 0.4) is 0 Å². The molecule has 0 aliphatic carbocycles. The summed E-state index contributed by atoms with van der Waals surface area (Å²) in [5.74, 6) is 2.23. The lowest BCUT2D eigenvalue weighted by molar-refractivity contribution is -0.127. The second-order valence-electron chi connectivity index (χ2n) is 5.80. The topological polar surface area (TPSA) is 79.1 Å². The average Bonchev–Trinajstić information content (AvgIpc) is 3.16. The number of rotatable bonds is 9. The summed E-state index contributed by atoms with van der Waals surface area (Å²) in [4.78, 5) is 17.6. The Hall–Kier alpha value is -2.23. The number of hydrogen-bond acceptors (Lipinski definition) is 4. The van der Waals surface area contributed by atoms with E-state index in [0.29, 0.717) is 25.7 Å². The van der Waals surface area contributed by atoms with E-state index in [0.717, 1.165) is 17.9 Å². The second kappa shape index (κ2) is 13.0. The van der Waals surface area contributed by atoms with Crippen LogP contribution in [0, 0.1) is 0 Å². The maximum atomic E-state index is 11.7. The molecule has 27 heavy (non-hydrogen) atoms. The van der Waals surface area contributed by atoms with E-state index in [4.69, 9.17) is 9.15 Å². The molecule has 0 saturated heterocycles. The van der Waals surface area contributed by atoms with Crippen molar-refractivity contribution in [2.45, 2.75) is 6.42 Å². The van der Waals surface area contributed by atoms with Crippen molar-refractivity contribution in [2.24, 2.45) is 4.99 Å². The molecule has 8 heteroatoms. The van der Waals surface area contributed by atoms with Gasteiger partial charge in [-0.15, -0.1) is 24.0 Å². The van der Waals surface area contributed by atoms with Gasteiger partial charge in [0.05, 0.1) is 12.8 Å². The first-order valence-electron chi connectivity index (χ1n) is 8.57. The molecule has 1 aromatic carbocycles. The molecule has 0 atom stereocenters. The molecule has 7 nitrogen and oxygen atoms in total. The molecule has 0 bridgehead atoms. The van der Waals surface area contributed by atoms with Crippen LogP contribution < -0.4 is 15.4 Å². The summed E-state index contributed by atoms with van der Waals surface area (Å²) in [6, 6.07) is 13.4. The summed E-state index contributed by atoms with van der Waals surface area (Å²) in [6.07, 6.45) is 2.38. The van der Waals surface area contributed by atoms with Gasteiger partial charge in [-0.3, -0.25) is 4.79 Å². The van der Waals surface area contributed by atoms with Crippen molar-refractivity contribution < 1.29 is 13.9 Å². The number of furan rings is 1. The Kier molecular flexibility index (Phi) is 11.0. The van der Waals surface area contributed by atoms with Crippen LogP contribution >= 0.6 is 24.0 Å². The molecule has 0 aliphatic rings. The SMILES string of the molecule is CN(C)C(=O)CN=C(NCCOc1ccccc1)NCCc1ccco1.I. The molecule has 2 rings (SSSR count). The number of benzene rings is 1. The summed E-state index contributed by atoms with van der Waals surface area (Å²) in [5.41, 5.74) is 0. The van der Waals surface area contributed by atoms with Crippen molar-refractivity contribution in [3.8, 4) is 5.75 Å². The predicted molar refractivity (Wildman–Crippen MR) is 117 cm³/mol. The summed E-state index contributed by atoms with van der Waals surface area (Å²) < 4.78 is 11.0. The van der Waals surface area contributed by atoms with Gasteiger partial charge >= 0.3 is 0 Å². The van der Waals surface area contributed by atoms with Crippen LogP contribution in [-0.2, 0) is 11.2 Å². The lowest BCUT2D eigenvalue weighted by atomic mass is 10.3. The molecule has 0 saturated carbocycles. The van der Waals surface area contributed by atoms with E-state index >= 15 is 0 Å². The fourth-order valence-electron chi connectivity index (χ4n) is 2.08. The van der Waals surface area contributed by atoms with Crippen LogP contribution in [0.1, 0.15) is 5.76 Å². The van der Waals surface area contributed by atoms with Crippen molar-refractivity contribution in [3.05, 3.63) is 54.5 Å². The fraction of sp³-hybridized carbons (Fsp3) is 0.368. The van der Waals surface area contributed by atoms with Gasteiger partial charge in [0.1, 0.15) is 24.7 Å². The third-order valence-corrected chi connectivity index (χ3v) is 3.52. The van der Waals surface area contributed by atoms with Gasteiger partial charge in [-0.25, -0.2) is 4.99 Å². The highest BCUT2D eigenvalue weighted by Gasteiger charge is 2.05. The van der Waals surface area contributed by atoms with Crippen molar-refractivity contribution >= 4 is 35.8 Å². The number of para-hydroxylation sites is 1. The van der Waals surface area contributed by atoms with Crippen LogP contribution in [0.25, 0.3) is 0 Å². The number of nitrogens with zero attached hydrogens (tertiary/aromatic N) is 2. The van der Waals surface area contributed by atoms with E-state index in [2.05, 4.69) is 15.6 Å². The number of halogens is 1. The predicted octanol–water partition coefficient (Wildman–Crippen LogP) is 2.14. The minimum Gasteiger partial charge on any atom is -0.492 e. The van der Waals surface area contributed by atoms with Crippen LogP contribution in [0.2, 0.25) is 0 Å². The first kappa shape index (κ1) is 22.8. The summed E-state index contributed by atoms with van der Waals surface area (Å²) >= 11 is 0. The number of hydrogen-bond donors (Lipinski definition) is 2. The molecule has 0 unspecified atom stereocenters. The highest BCUT2D eigenvalue weighted by atomic mass is 127. The molecule has 1 aromatic heterocycles. The van der Waals surface area contributed by atoms with Crippen molar-refractivity contribution in [3.63, 3.8) is 0 Å². The largest absolute Gasteiger partial charge is 0.492 e. The van der Waals surface area contributed by atoms with Crippen molar-refractivity contribution in [1.82, 2.24) is 15.5 Å². The van der Waals surface area contributed by atoms with Crippen LogP contribution in [0.15, 0.2) is 58.1 Å². The molecule has 2 N–H and O–H groups in total. The average molecular weight is 486 g/mol. The molecule has 0 spiro atoms. The Balaban J connectivity index is 0.00000364. The van der Waals surface area contributed by atoms with Gasteiger partial charge < -0.3 is 24.7 Å². The zero-order valence-electron chi connectivity index (χ0n) is 15.7. The van der Waals surface area contributed by atoms with Gasteiger partial charge in [-0.05, 0) is 24.3 Å². The fourth-order valence-corrected chi connectivity index (χ4v) is 2.08. The van der Waals surface area contributed by atoms with Gasteiger partial charge in [0, 0.05) is 27.1 Å². The zero-order chi connectivity index (χ0) is 18.6. The van der Waals surface area contributed by atoms with E-state index in [9.17, 15) is 4.79 Å². The number of amides is 1. The second-order valence-corrected chi connectivity index (χ2v) is 5.80. The highest BCUT2D eigenvalue weighted by molar-refractivity contribution is 14.0. The van der Waals surface area contributed by atoms with Crippen molar-refractivity contribution in [2.75, 3.05) is 40.3 Å². The number of nitrogens with one attached hydrogen (secondary N) is 2. The van der Waals surface area contributed by atoms with E-state index < -0.39 is 0 Å². The number of guanidine groups is 1. The van der Waals surface area contributed by atoms with E-state index in [1.165, 1.54) is 4.90 Å². The standard InChI is InChI=1S/C19H26N4O3.HI/c1-23(2)18(24)15-22-19(20-11-10-17-9-6-13-25-17)21-12-14-26-16-7-4-3-5-8-16;/h3-9,13H,10-12,14-15H2,1-2H3,(H2,20,21,22);1H. The highest BCUT2D eigenvalue weighted by Crippen LogP contribution is 2.07. The molecule has 0 fully saturated rings. The molecule has 1 heterocycles. The molecule has 0 radical (unpaired) electrons. The van der Waals surface area contributed by atoms with Crippen LogP contribution in [-0.4, -0.2) is 57.1 Å². The molecule has 2 aromatic rings. The van der Waals surface area contributed by atoms with Crippen LogP contribution in [0.5, 0.6) is 5.75 Å². The quantitative estimate of drug-likeness (QED) is 0.246. The Morgan fingerprint density at radius 1 is 1.11 bits per heavy atom. The Morgan fingerprint density at radius 3 is 2.52 bits per heavy atom. The van der Waals surface area contributed by atoms with E-state index in [1.807, 2.05) is 42.5 Å². The van der Waals surface area contributed by atoms with Gasteiger partial charge in [0.25, 0.3) is 0 Å². The van der Waals surface area contributed by atoms with Gasteiger partial charge in [0.2, 0.25) is 5.91 Å². The normalized spacial score (nSPS) is 10.7. The number of carbonyl (C=O) groups excluding carboxylic acids is 1. The first-order valence-corrected chi connectivity index (χ1v) is 8.57. The third kappa shape index (κ3) is 9.32. The maximum absolute atomic E-state index is 11.7. The maximum Gasteiger partial charge on any atom is 0.243 e. The minimum atomic E-state index is -0.0577. The zero-order valence-corrected chi connectivity index (χ0v) is 18.0. The lowest BCUT2D eigenvalue weighted by Gasteiger charge is -2.14. The van der Waals surface area contributed by atoms with Crippen molar-refractivity contribution in [1.29, 1.82) is 0 Å². The monoisotopic (exact) mass is 486 g/mol. The third-order valence-electron chi connectivity index (χ3n) is 3.52. The first-order chi connectivity index (χ1) is 12.6. The minimum absolute atomic E-state index is 0. The molecule has 148 valence electrons. The van der Waals surface area contributed by atoms with Crippen LogP contribution in [0.4, 0.5) is 0 Å². The lowest BCUT2D eigenvalue weighted by Crippen LogP contribution is -2.41. The number of aliphatic imine (C=N–C) groups is 1. The number of ether oxygens (including phenoxy) is 1. The Labute approximate surface area is 177 Å². The van der Waals surface area contributed by atoms with Gasteiger partial charge in [0.15, 0.2) is 5.96 Å². The molecule has 1 amide bonds. The van der Waals surface area contributed by atoms with E-state index in [-0.39, 0.29) is 36.4 Å². The summed E-state index contributed by atoms with van der Waals surface area (Å²) in [7, 11) is 3.42. The summed E-state index contributed by atoms with van der Waals surface area (Å²) in [6.45, 7) is 1.79. The smallest absolute Gasteiger partial charge is 0.243 e. The Bertz CT molecular complexity index is 676. The number of likely N-dealkylation sites (N-methyl/N-ethyl adjacent to an activating group) is 1. The van der Waals surface area contributed by atoms with Gasteiger partial charge in [-0.2, -0.15) is 0 Å². The van der Waals surface area contributed by atoms with E-state index in [1.54, 1.807) is 20.4 Å².